The molecule has 0 amide bonds. The molecule has 0 radical (unpaired) electrons. The number of ether oxygens (including phenoxy) is 3. The number of carbonyl (C=O) groups is 1. The maximum atomic E-state index is 12.1. The normalized spacial score (nSPS) is 10.3. The molecule has 118 valence electrons. The zero-order valence-corrected chi connectivity index (χ0v) is 13.3. The minimum Gasteiger partial charge on any atom is -0.493 e. The van der Waals surface area contributed by atoms with Gasteiger partial charge in [0, 0.05) is 11.5 Å². The van der Waals surface area contributed by atoms with E-state index in [0.717, 1.165) is 0 Å². The van der Waals surface area contributed by atoms with Gasteiger partial charge in [0.1, 0.15) is 5.69 Å². The Labute approximate surface area is 132 Å². The molecule has 4 N–H and O–H groups in total. The van der Waals surface area contributed by atoms with Gasteiger partial charge in [-0.15, -0.1) is 0 Å². The molecular formula is C14H17N3O4S. The van der Waals surface area contributed by atoms with E-state index in [2.05, 4.69) is 10.3 Å². The highest BCUT2D eigenvalue weighted by atomic mass is 32.1. The van der Waals surface area contributed by atoms with Crippen molar-refractivity contribution in [3.63, 3.8) is 0 Å². The largest absolute Gasteiger partial charge is 0.493 e. The molecule has 22 heavy (non-hydrogen) atoms. The minimum absolute atomic E-state index is 0.0428. The Balaban J connectivity index is 2.68. The Morgan fingerprint density at radius 2 is 1.95 bits per heavy atom. The van der Waals surface area contributed by atoms with Gasteiger partial charge in [-0.3, -0.25) is 0 Å². The lowest BCUT2D eigenvalue weighted by atomic mass is 10.2. The zero-order chi connectivity index (χ0) is 16.3. The summed E-state index contributed by atoms with van der Waals surface area (Å²) in [4.78, 5) is 15.1. The number of rotatable bonds is 5. The van der Waals surface area contributed by atoms with Crippen LogP contribution >= 0.6 is 12.2 Å². The molecule has 0 atom stereocenters. The number of esters is 1. The first kappa shape index (κ1) is 15.9. The molecule has 8 heteroatoms. The summed E-state index contributed by atoms with van der Waals surface area (Å²) < 4.78 is 15.6. The van der Waals surface area contributed by atoms with E-state index in [-0.39, 0.29) is 17.4 Å². The van der Waals surface area contributed by atoms with Gasteiger partial charge in [-0.1, -0.05) is 0 Å². The molecule has 1 heterocycles. The van der Waals surface area contributed by atoms with E-state index < -0.39 is 5.97 Å². The van der Waals surface area contributed by atoms with E-state index >= 15 is 0 Å². The summed E-state index contributed by atoms with van der Waals surface area (Å²) in [5, 5.41) is 3.54. The van der Waals surface area contributed by atoms with Crippen LogP contribution in [-0.2, 0) is 4.74 Å². The van der Waals surface area contributed by atoms with E-state index in [0.29, 0.717) is 28.1 Å². The highest BCUT2D eigenvalue weighted by Crippen LogP contribution is 2.37. The van der Waals surface area contributed by atoms with Crippen LogP contribution in [-0.4, -0.2) is 36.9 Å². The summed E-state index contributed by atoms with van der Waals surface area (Å²) in [6, 6.07) is 3.45. The molecule has 2 aromatic rings. The predicted octanol–water partition coefficient (Wildman–Crippen LogP) is 2.02. The summed E-state index contributed by atoms with van der Waals surface area (Å²) in [6.07, 6.45) is 0. The number of fused-ring (bicyclic) bond motifs is 1. The Kier molecular flexibility index (Phi) is 4.71. The number of nitrogens with one attached hydrogen (secondary N) is 2. The SMILES string of the molecule is CCOC(=O)c1[nH]c2cc(OC)c(OC)cc2c1NC(N)=S. The second kappa shape index (κ2) is 6.52. The van der Waals surface area contributed by atoms with Crippen molar-refractivity contribution < 1.29 is 19.0 Å². The molecule has 0 spiro atoms. The first-order valence-electron chi connectivity index (χ1n) is 6.53. The second-order valence-electron chi connectivity index (χ2n) is 4.34. The van der Waals surface area contributed by atoms with Gasteiger partial charge in [-0.2, -0.15) is 0 Å². The van der Waals surface area contributed by atoms with Gasteiger partial charge in [0.2, 0.25) is 0 Å². The Hall–Kier alpha value is -2.48. The van der Waals surface area contributed by atoms with Crippen molar-refractivity contribution in [2.24, 2.45) is 5.73 Å². The molecule has 0 bridgehead atoms. The minimum atomic E-state index is -0.504. The monoisotopic (exact) mass is 323 g/mol. The topological polar surface area (TPSA) is 98.6 Å². The van der Waals surface area contributed by atoms with E-state index in [1.807, 2.05) is 0 Å². The maximum absolute atomic E-state index is 12.1. The lowest BCUT2D eigenvalue weighted by Crippen LogP contribution is -2.20. The van der Waals surface area contributed by atoms with Crippen LogP contribution in [0.15, 0.2) is 12.1 Å². The number of aromatic amines is 1. The molecule has 0 saturated carbocycles. The Bertz CT molecular complexity index is 726. The highest BCUT2D eigenvalue weighted by Gasteiger charge is 2.21. The highest BCUT2D eigenvalue weighted by molar-refractivity contribution is 7.80. The van der Waals surface area contributed by atoms with E-state index in [9.17, 15) is 4.79 Å². The van der Waals surface area contributed by atoms with Crippen LogP contribution in [0.4, 0.5) is 5.69 Å². The quantitative estimate of drug-likeness (QED) is 0.572. The van der Waals surface area contributed by atoms with Crippen LogP contribution < -0.4 is 20.5 Å². The fraction of sp³-hybridized carbons (Fsp3) is 0.286. The van der Waals surface area contributed by atoms with E-state index in [4.69, 9.17) is 32.2 Å². The Morgan fingerprint density at radius 3 is 2.50 bits per heavy atom. The van der Waals surface area contributed by atoms with Crippen molar-refractivity contribution in [3.8, 4) is 11.5 Å². The molecule has 1 aromatic heterocycles. The molecule has 0 saturated heterocycles. The van der Waals surface area contributed by atoms with Crippen LogP contribution in [0.5, 0.6) is 11.5 Å². The van der Waals surface area contributed by atoms with Crippen LogP contribution in [0.1, 0.15) is 17.4 Å². The number of hydrogen-bond acceptors (Lipinski definition) is 5. The lowest BCUT2D eigenvalue weighted by Gasteiger charge is -2.09. The first-order valence-corrected chi connectivity index (χ1v) is 6.93. The third-order valence-electron chi connectivity index (χ3n) is 3.03. The second-order valence-corrected chi connectivity index (χ2v) is 4.78. The summed E-state index contributed by atoms with van der Waals surface area (Å²) >= 11 is 4.87. The fourth-order valence-electron chi connectivity index (χ4n) is 2.13. The number of H-pyrrole nitrogens is 1. The summed E-state index contributed by atoms with van der Waals surface area (Å²) in [7, 11) is 3.07. The van der Waals surface area contributed by atoms with E-state index in [1.54, 1.807) is 19.1 Å². The fourth-order valence-corrected chi connectivity index (χ4v) is 2.23. The van der Waals surface area contributed by atoms with Crippen LogP contribution in [0, 0.1) is 0 Å². The van der Waals surface area contributed by atoms with Crippen molar-refractivity contribution in [3.05, 3.63) is 17.8 Å². The molecule has 0 aliphatic rings. The maximum Gasteiger partial charge on any atom is 0.356 e. The van der Waals surface area contributed by atoms with Gasteiger partial charge < -0.3 is 30.2 Å². The van der Waals surface area contributed by atoms with Gasteiger partial charge in [0.25, 0.3) is 0 Å². The van der Waals surface area contributed by atoms with Crippen molar-refractivity contribution in [1.82, 2.24) is 4.98 Å². The number of thiocarbonyl (C=S) groups is 1. The average Bonchev–Trinajstić information content (AvgIpc) is 2.83. The standard InChI is InChI=1S/C14H17N3O4S/c1-4-21-13(18)12-11(17-14(15)22)7-5-9(19-2)10(20-3)6-8(7)16-12/h5-6,16H,4H2,1-3H3,(H3,15,17,22). The van der Waals surface area contributed by atoms with Gasteiger partial charge in [0.05, 0.1) is 32.0 Å². The number of hydrogen-bond donors (Lipinski definition) is 3. The van der Waals surface area contributed by atoms with Crippen molar-refractivity contribution >= 4 is 39.9 Å². The number of aromatic nitrogens is 1. The molecule has 0 aliphatic heterocycles. The smallest absolute Gasteiger partial charge is 0.356 e. The number of carbonyl (C=O) groups excluding carboxylic acids is 1. The van der Waals surface area contributed by atoms with Gasteiger partial charge in [-0.25, -0.2) is 4.79 Å². The number of anilines is 1. The van der Waals surface area contributed by atoms with Crippen molar-refractivity contribution in [2.45, 2.75) is 6.92 Å². The summed E-state index contributed by atoms with van der Waals surface area (Å²) in [5.74, 6) is 0.555. The molecule has 0 fully saturated rings. The molecular weight excluding hydrogens is 306 g/mol. The number of benzene rings is 1. The lowest BCUT2D eigenvalue weighted by molar-refractivity contribution is 0.0522. The first-order chi connectivity index (χ1) is 10.5. The average molecular weight is 323 g/mol. The van der Waals surface area contributed by atoms with Crippen LogP contribution in [0.3, 0.4) is 0 Å². The van der Waals surface area contributed by atoms with Crippen LogP contribution in [0.2, 0.25) is 0 Å². The summed E-state index contributed by atoms with van der Waals surface area (Å²) in [5.41, 5.74) is 6.89. The van der Waals surface area contributed by atoms with Crippen molar-refractivity contribution in [2.75, 3.05) is 26.1 Å². The Morgan fingerprint density at radius 1 is 1.32 bits per heavy atom. The third-order valence-corrected chi connectivity index (χ3v) is 3.13. The van der Waals surface area contributed by atoms with Crippen molar-refractivity contribution in [1.29, 1.82) is 0 Å². The van der Waals surface area contributed by atoms with Gasteiger partial charge >= 0.3 is 5.97 Å². The molecule has 2 rings (SSSR count). The molecule has 7 nitrogen and oxygen atoms in total. The number of methoxy groups -OCH3 is 2. The summed E-state index contributed by atoms with van der Waals surface area (Å²) in [6.45, 7) is 1.99. The van der Waals surface area contributed by atoms with Gasteiger partial charge in [0.15, 0.2) is 16.6 Å². The van der Waals surface area contributed by atoms with Gasteiger partial charge in [-0.05, 0) is 25.2 Å². The zero-order valence-electron chi connectivity index (χ0n) is 12.5. The molecule has 0 aliphatic carbocycles. The predicted molar refractivity (Wildman–Crippen MR) is 87.8 cm³/mol. The third kappa shape index (κ3) is 2.91. The number of nitrogens with two attached hydrogens (primary N) is 1. The molecule has 1 aromatic carbocycles. The van der Waals surface area contributed by atoms with E-state index in [1.165, 1.54) is 14.2 Å². The molecule has 0 unspecified atom stereocenters. The van der Waals surface area contributed by atoms with Crippen LogP contribution in [0.25, 0.3) is 10.9 Å².